The van der Waals surface area contributed by atoms with Gasteiger partial charge < -0.3 is 5.32 Å². The third-order valence-electron chi connectivity index (χ3n) is 3.63. The Bertz CT molecular complexity index is 398. The number of rotatable bonds is 2. The van der Waals surface area contributed by atoms with Crippen molar-refractivity contribution in [1.82, 2.24) is 10.2 Å². The zero-order valence-corrected chi connectivity index (χ0v) is 11.5. The van der Waals surface area contributed by atoms with Gasteiger partial charge in [-0.25, -0.2) is 4.39 Å². The van der Waals surface area contributed by atoms with Crippen LogP contribution in [0.2, 0.25) is 0 Å². The molecule has 0 radical (unpaired) electrons. The molecule has 0 aliphatic carbocycles. The maximum atomic E-state index is 13.2. The van der Waals surface area contributed by atoms with Gasteiger partial charge in [-0.15, -0.1) is 0 Å². The van der Waals surface area contributed by atoms with E-state index in [1.54, 1.807) is 12.1 Å². The Kier molecular flexibility index (Phi) is 4.03. The maximum Gasteiger partial charge on any atom is 0.123 e. The average molecular weight is 250 g/mol. The number of hydrogen-bond donors (Lipinski definition) is 1. The predicted molar refractivity (Wildman–Crippen MR) is 72.9 cm³/mol. The maximum absolute atomic E-state index is 13.2. The molecule has 0 saturated carbocycles. The van der Waals surface area contributed by atoms with Gasteiger partial charge in [0.1, 0.15) is 5.82 Å². The molecule has 3 heteroatoms. The molecule has 2 nitrogen and oxygen atoms in total. The van der Waals surface area contributed by atoms with Gasteiger partial charge in [0.2, 0.25) is 0 Å². The van der Waals surface area contributed by atoms with Crippen LogP contribution in [0.25, 0.3) is 0 Å². The number of nitrogens with one attached hydrogen (secondary N) is 1. The lowest BCUT2D eigenvalue weighted by atomic mass is 9.84. The van der Waals surface area contributed by atoms with Crippen molar-refractivity contribution in [3.63, 3.8) is 0 Å². The molecule has 100 valence electrons. The summed E-state index contributed by atoms with van der Waals surface area (Å²) in [7, 11) is 0. The summed E-state index contributed by atoms with van der Waals surface area (Å²) in [6.45, 7) is 10.7. The minimum atomic E-state index is -0.144. The molecule has 1 aromatic carbocycles. The van der Waals surface area contributed by atoms with Crippen molar-refractivity contribution in [2.75, 3.05) is 19.6 Å². The lowest BCUT2D eigenvalue weighted by Crippen LogP contribution is -2.56. The fourth-order valence-corrected chi connectivity index (χ4v) is 2.66. The Morgan fingerprint density at radius 1 is 1.39 bits per heavy atom. The van der Waals surface area contributed by atoms with E-state index >= 15 is 0 Å². The molecule has 1 unspecified atom stereocenters. The third kappa shape index (κ3) is 3.30. The summed E-state index contributed by atoms with van der Waals surface area (Å²) < 4.78 is 13.2. The van der Waals surface area contributed by atoms with E-state index < -0.39 is 0 Å². The minimum absolute atomic E-state index is 0.144. The van der Waals surface area contributed by atoms with Gasteiger partial charge in [-0.3, -0.25) is 4.90 Å². The number of halogens is 1. The molecule has 0 spiro atoms. The molecular weight excluding hydrogens is 227 g/mol. The molecule has 1 saturated heterocycles. The molecule has 2 rings (SSSR count). The molecule has 0 amide bonds. The van der Waals surface area contributed by atoms with Crippen molar-refractivity contribution in [2.45, 2.75) is 33.4 Å². The minimum Gasteiger partial charge on any atom is -0.314 e. The molecule has 1 aromatic rings. The van der Waals surface area contributed by atoms with Crippen LogP contribution >= 0.6 is 0 Å². The van der Waals surface area contributed by atoms with Crippen molar-refractivity contribution >= 4 is 0 Å². The summed E-state index contributed by atoms with van der Waals surface area (Å²) in [6, 6.07) is 7.43. The predicted octanol–water partition coefficient (Wildman–Crippen LogP) is 2.65. The number of nitrogens with zero attached hydrogens (tertiary/aromatic N) is 1. The van der Waals surface area contributed by atoms with Crippen molar-refractivity contribution in [2.24, 2.45) is 5.41 Å². The first-order valence-electron chi connectivity index (χ1n) is 6.66. The molecule has 18 heavy (non-hydrogen) atoms. The Morgan fingerprint density at radius 3 is 2.83 bits per heavy atom. The molecule has 1 atom stereocenters. The number of piperazine rings is 1. The highest BCUT2D eigenvalue weighted by molar-refractivity contribution is 5.16. The summed E-state index contributed by atoms with van der Waals surface area (Å²) in [4.78, 5) is 2.46. The summed E-state index contributed by atoms with van der Waals surface area (Å²) >= 11 is 0. The summed E-state index contributed by atoms with van der Waals surface area (Å²) in [6.07, 6.45) is 0. The Morgan fingerprint density at radius 2 is 2.17 bits per heavy atom. The van der Waals surface area contributed by atoms with Crippen LogP contribution in [0.5, 0.6) is 0 Å². The SMILES string of the molecule is CC(C)(C)C1CNCCN1Cc1cccc(F)c1. The van der Waals surface area contributed by atoms with Crippen molar-refractivity contribution in [3.8, 4) is 0 Å². The fourth-order valence-electron chi connectivity index (χ4n) is 2.66. The molecule has 1 aliphatic heterocycles. The van der Waals surface area contributed by atoms with Gasteiger partial charge in [0.25, 0.3) is 0 Å². The highest BCUT2D eigenvalue weighted by Gasteiger charge is 2.32. The summed E-state index contributed by atoms with van der Waals surface area (Å²) in [5.41, 5.74) is 1.30. The quantitative estimate of drug-likeness (QED) is 0.868. The first-order valence-corrected chi connectivity index (χ1v) is 6.66. The monoisotopic (exact) mass is 250 g/mol. The molecule has 1 heterocycles. The van der Waals surface area contributed by atoms with Crippen LogP contribution in [0.4, 0.5) is 4.39 Å². The molecule has 1 aliphatic rings. The van der Waals surface area contributed by atoms with Crippen molar-refractivity contribution in [3.05, 3.63) is 35.6 Å². The van der Waals surface area contributed by atoms with Gasteiger partial charge >= 0.3 is 0 Å². The van der Waals surface area contributed by atoms with Gasteiger partial charge in [0, 0.05) is 32.2 Å². The average Bonchev–Trinajstić information content (AvgIpc) is 2.28. The highest BCUT2D eigenvalue weighted by Crippen LogP contribution is 2.26. The molecule has 1 fully saturated rings. The van der Waals surface area contributed by atoms with Crippen molar-refractivity contribution in [1.29, 1.82) is 0 Å². The Labute approximate surface area is 109 Å². The highest BCUT2D eigenvalue weighted by atomic mass is 19.1. The molecule has 1 N–H and O–H groups in total. The van der Waals surface area contributed by atoms with Gasteiger partial charge in [-0.2, -0.15) is 0 Å². The largest absolute Gasteiger partial charge is 0.314 e. The smallest absolute Gasteiger partial charge is 0.123 e. The van der Waals surface area contributed by atoms with Crippen molar-refractivity contribution < 1.29 is 4.39 Å². The normalized spacial score (nSPS) is 22.1. The standard InChI is InChI=1S/C15H23FN2/c1-15(2,3)14-10-17-7-8-18(14)11-12-5-4-6-13(16)9-12/h4-6,9,14,17H,7-8,10-11H2,1-3H3. The number of hydrogen-bond acceptors (Lipinski definition) is 2. The third-order valence-corrected chi connectivity index (χ3v) is 3.63. The van der Waals surface area contributed by atoms with Crippen LogP contribution in [-0.4, -0.2) is 30.6 Å². The van der Waals surface area contributed by atoms with Crippen LogP contribution in [0.1, 0.15) is 26.3 Å². The Hall–Kier alpha value is -0.930. The van der Waals surface area contributed by atoms with Crippen LogP contribution in [-0.2, 0) is 6.54 Å². The van der Waals surface area contributed by atoms with E-state index in [1.165, 1.54) is 6.07 Å². The zero-order chi connectivity index (χ0) is 13.2. The van der Waals surface area contributed by atoms with Crippen LogP contribution < -0.4 is 5.32 Å². The van der Waals surface area contributed by atoms with Crippen LogP contribution in [0, 0.1) is 11.2 Å². The van der Waals surface area contributed by atoms with Gasteiger partial charge in [0.05, 0.1) is 0 Å². The lowest BCUT2D eigenvalue weighted by Gasteiger charge is -2.43. The zero-order valence-electron chi connectivity index (χ0n) is 11.5. The first-order chi connectivity index (χ1) is 8.47. The first kappa shape index (κ1) is 13.5. The van der Waals surface area contributed by atoms with Crippen LogP contribution in [0.3, 0.4) is 0 Å². The van der Waals surface area contributed by atoms with Gasteiger partial charge in [0.15, 0.2) is 0 Å². The van der Waals surface area contributed by atoms with Crippen LogP contribution in [0.15, 0.2) is 24.3 Å². The molecule has 0 aromatic heterocycles. The van der Waals surface area contributed by atoms with E-state index in [4.69, 9.17) is 0 Å². The van der Waals surface area contributed by atoms with E-state index in [1.807, 2.05) is 6.07 Å². The van der Waals surface area contributed by atoms with E-state index in [2.05, 4.69) is 31.0 Å². The second-order valence-electron chi connectivity index (χ2n) is 6.19. The topological polar surface area (TPSA) is 15.3 Å². The molecular formula is C15H23FN2. The van der Waals surface area contributed by atoms with E-state index in [9.17, 15) is 4.39 Å². The summed E-state index contributed by atoms with van der Waals surface area (Å²) in [5.74, 6) is -0.144. The van der Waals surface area contributed by atoms with Gasteiger partial charge in [-0.1, -0.05) is 32.9 Å². The second kappa shape index (κ2) is 5.37. The second-order valence-corrected chi connectivity index (χ2v) is 6.19. The lowest BCUT2D eigenvalue weighted by molar-refractivity contribution is 0.0688. The van der Waals surface area contributed by atoms with Gasteiger partial charge in [-0.05, 0) is 23.1 Å². The van der Waals surface area contributed by atoms with E-state index in [0.29, 0.717) is 6.04 Å². The summed E-state index contributed by atoms with van der Waals surface area (Å²) in [5, 5.41) is 3.45. The number of benzene rings is 1. The Balaban J connectivity index is 2.10. The van der Waals surface area contributed by atoms with E-state index in [0.717, 1.165) is 31.7 Å². The molecule has 0 bridgehead atoms. The van der Waals surface area contributed by atoms with E-state index in [-0.39, 0.29) is 11.2 Å². The fraction of sp³-hybridized carbons (Fsp3) is 0.600.